The summed E-state index contributed by atoms with van der Waals surface area (Å²) in [5.74, 6) is 2.17. The topological polar surface area (TPSA) is 52.2 Å². The number of rotatable bonds is 6. The van der Waals surface area contributed by atoms with Crippen LogP contribution in [-0.4, -0.2) is 57.7 Å². The first-order chi connectivity index (χ1) is 10.8. The highest BCUT2D eigenvalue weighted by molar-refractivity contribution is 5.55. The number of fused-ring (bicyclic) bond motifs is 1. The van der Waals surface area contributed by atoms with Crippen molar-refractivity contribution in [2.75, 3.05) is 46.7 Å². The summed E-state index contributed by atoms with van der Waals surface area (Å²) >= 11 is 0. The van der Waals surface area contributed by atoms with Crippen molar-refractivity contribution in [2.45, 2.75) is 19.6 Å². The molecule has 2 aliphatic heterocycles. The van der Waals surface area contributed by atoms with Gasteiger partial charge in [-0.05, 0) is 24.2 Å². The summed E-state index contributed by atoms with van der Waals surface area (Å²) in [4.78, 5) is 2.42. The number of hydrogen-bond donors (Lipinski definition) is 1. The molecule has 122 valence electrons. The Hall–Kier alpha value is -1.50. The first-order valence-electron chi connectivity index (χ1n) is 7.81. The first-order valence-corrected chi connectivity index (χ1v) is 7.81. The van der Waals surface area contributed by atoms with Crippen LogP contribution >= 0.6 is 0 Å². The third-order valence-electron chi connectivity index (χ3n) is 4.09. The molecule has 0 radical (unpaired) electrons. The second-order valence-corrected chi connectivity index (χ2v) is 5.55. The molecule has 1 N–H and O–H groups in total. The van der Waals surface area contributed by atoms with Crippen molar-refractivity contribution >= 4 is 0 Å². The number of hydrogen-bond acceptors (Lipinski definition) is 6. The molecule has 22 heavy (non-hydrogen) atoms. The molecule has 6 nitrogen and oxygen atoms in total. The average Bonchev–Trinajstić information content (AvgIpc) is 3.03. The van der Waals surface area contributed by atoms with Gasteiger partial charge in [-0.15, -0.1) is 0 Å². The van der Waals surface area contributed by atoms with E-state index in [-0.39, 0.29) is 12.9 Å². The minimum Gasteiger partial charge on any atom is -0.493 e. The van der Waals surface area contributed by atoms with Crippen LogP contribution in [0.5, 0.6) is 17.2 Å². The van der Waals surface area contributed by atoms with Gasteiger partial charge in [-0.2, -0.15) is 0 Å². The Morgan fingerprint density at radius 3 is 3.09 bits per heavy atom. The Kier molecular flexibility index (Phi) is 5.02. The Bertz CT molecular complexity index is 509. The second kappa shape index (κ2) is 7.17. The zero-order chi connectivity index (χ0) is 15.4. The van der Waals surface area contributed by atoms with Gasteiger partial charge in [0.05, 0.1) is 19.8 Å². The van der Waals surface area contributed by atoms with E-state index in [1.807, 2.05) is 12.1 Å². The summed E-state index contributed by atoms with van der Waals surface area (Å²) < 4.78 is 22.0. The van der Waals surface area contributed by atoms with Gasteiger partial charge in [0.15, 0.2) is 11.5 Å². The van der Waals surface area contributed by atoms with E-state index in [0.717, 1.165) is 56.4 Å². The fourth-order valence-corrected chi connectivity index (χ4v) is 2.85. The molecule has 1 unspecified atom stereocenters. The van der Waals surface area contributed by atoms with Gasteiger partial charge >= 0.3 is 0 Å². The SMILES string of the molecule is CCN1CCOC(CNCc2cc(OC)c3c(c2)OCO3)C1. The Morgan fingerprint density at radius 2 is 2.27 bits per heavy atom. The quantitative estimate of drug-likeness (QED) is 0.853. The third-order valence-corrected chi connectivity index (χ3v) is 4.09. The number of morpholine rings is 1. The van der Waals surface area contributed by atoms with Gasteiger partial charge in [-0.25, -0.2) is 0 Å². The molecule has 0 bridgehead atoms. The normalized spacial score (nSPS) is 21.1. The lowest BCUT2D eigenvalue weighted by molar-refractivity contribution is -0.0253. The number of nitrogens with zero attached hydrogens (tertiary/aromatic N) is 1. The summed E-state index contributed by atoms with van der Waals surface area (Å²) in [6.07, 6.45) is 0.254. The zero-order valence-corrected chi connectivity index (χ0v) is 13.3. The molecule has 1 atom stereocenters. The Balaban J connectivity index is 1.53. The Labute approximate surface area is 131 Å². The molecule has 3 rings (SSSR count). The Morgan fingerprint density at radius 1 is 1.36 bits per heavy atom. The first kappa shape index (κ1) is 15.4. The van der Waals surface area contributed by atoms with E-state index < -0.39 is 0 Å². The minimum atomic E-state index is 0.254. The van der Waals surface area contributed by atoms with Gasteiger partial charge in [0.2, 0.25) is 12.5 Å². The van der Waals surface area contributed by atoms with Gasteiger partial charge in [0, 0.05) is 26.2 Å². The molecule has 0 spiro atoms. The number of benzene rings is 1. The van der Waals surface area contributed by atoms with Gasteiger partial charge < -0.3 is 24.3 Å². The van der Waals surface area contributed by atoms with E-state index >= 15 is 0 Å². The highest BCUT2D eigenvalue weighted by Gasteiger charge is 2.21. The van der Waals surface area contributed by atoms with Crippen LogP contribution in [0.25, 0.3) is 0 Å². The molecule has 6 heteroatoms. The van der Waals surface area contributed by atoms with E-state index in [2.05, 4.69) is 17.1 Å². The molecule has 0 aromatic heterocycles. The molecule has 2 aliphatic rings. The highest BCUT2D eigenvalue weighted by Crippen LogP contribution is 2.41. The van der Waals surface area contributed by atoms with Crippen molar-refractivity contribution < 1.29 is 18.9 Å². The predicted octanol–water partition coefficient (Wildman–Crippen LogP) is 1.23. The molecule has 0 amide bonds. The predicted molar refractivity (Wildman–Crippen MR) is 82.7 cm³/mol. The molecule has 1 saturated heterocycles. The van der Waals surface area contributed by atoms with Crippen LogP contribution in [0.15, 0.2) is 12.1 Å². The van der Waals surface area contributed by atoms with Crippen LogP contribution in [-0.2, 0) is 11.3 Å². The molecule has 2 heterocycles. The van der Waals surface area contributed by atoms with Crippen molar-refractivity contribution in [1.82, 2.24) is 10.2 Å². The van der Waals surface area contributed by atoms with Crippen molar-refractivity contribution in [3.8, 4) is 17.2 Å². The second-order valence-electron chi connectivity index (χ2n) is 5.55. The van der Waals surface area contributed by atoms with Crippen LogP contribution in [0.3, 0.4) is 0 Å². The van der Waals surface area contributed by atoms with Gasteiger partial charge in [0.25, 0.3) is 0 Å². The smallest absolute Gasteiger partial charge is 0.231 e. The van der Waals surface area contributed by atoms with Crippen LogP contribution < -0.4 is 19.5 Å². The van der Waals surface area contributed by atoms with Crippen molar-refractivity contribution in [2.24, 2.45) is 0 Å². The summed E-state index contributed by atoms with van der Waals surface area (Å²) in [7, 11) is 1.64. The lowest BCUT2D eigenvalue weighted by atomic mass is 10.1. The van der Waals surface area contributed by atoms with Crippen molar-refractivity contribution in [3.63, 3.8) is 0 Å². The fraction of sp³-hybridized carbons (Fsp3) is 0.625. The summed E-state index contributed by atoms with van der Waals surface area (Å²) in [5, 5.41) is 3.45. The third kappa shape index (κ3) is 3.45. The maximum atomic E-state index is 5.79. The van der Waals surface area contributed by atoms with Gasteiger partial charge in [0.1, 0.15) is 0 Å². The summed E-state index contributed by atoms with van der Waals surface area (Å²) in [6, 6.07) is 3.98. The van der Waals surface area contributed by atoms with Gasteiger partial charge in [-0.1, -0.05) is 6.92 Å². The molecular formula is C16H24N2O4. The van der Waals surface area contributed by atoms with Crippen molar-refractivity contribution in [1.29, 1.82) is 0 Å². The van der Waals surface area contributed by atoms with E-state index in [0.29, 0.717) is 5.75 Å². The van der Waals surface area contributed by atoms with E-state index in [1.54, 1.807) is 7.11 Å². The largest absolute Gasteiger partial charge is 0.493 e. The maximum absolute atomic E-state index is 5.79. The molecule has 1 fully saturated rings. The van der Waals surface area contributed by atoms with Crippen LogP contribution in [0, 0.1) is 0 Å². The monoisotopic (exact) mass is 308 g/mol. The number of ether oxygens (including phenoxy) is 4. The fourth-order valence-electron chi connectivity index (χ4n) is 2.85. The average molecular weight is 308 g/mol. The van der Waals surface area contributed by atoms with E-state index in [9.17, 15) is 0 Å². The number of nitrogens with one attached hydrogen (secondary N) is 1. The van der Waals surface area contributed by atoms with Crippen LogP contribution in [0.2, 0.25) is 0 Å². The minimum absolute atomic E-state index is 0.254. The summed E-state index contributed by atoms with van der Waals surface area (Å²) in [6.45, 7) is 7.96. The zero-order valence-electron chi connectivity index (χ0n) is 13.3. The lowest BCUT2D eigenvalue weighted by Crippen LogP contribution is -2.46. The molecule has 0 saturated carbocycles. The molecule has 0 aliphatic carbocycles. The van der Waals surface area contributed by atoms with E-state index in [1.165, 1.54) is 0 Å². The standard InChI is InChI=1S/C16H24N2O4/c1-3-18-4-5-20-13(10-18)9-17-8-12-6-14(19-2)16-15(7-12)21-11-22-16/h6-7,13,17H,3-5,8-11H2,1-2H3. The van der Waals surface area contributed by atoms with E-state index in [4.69, 9.17) is 18.9 Å². The molecule has 1 aromatic carbocycles. The van der Waals surface area contributed by atoms with Crippen LogP contribution in [0.4, 0.5) is 0 Å². The maximum Gasteiger partial charge on any atom is 0.231 e. The van der Waals surface area contributed by atoms with Crippen LogP contribution in [0.1, 0.15) is 12.5 Å². The number of methoxy groups -OCH3 is 1. The lowest BCUT2D eigenvalue weighted by Gasteiger charge is -2.32. The number of likely N-dealkylation sites (N-methyl/N-ethyl adjacent to an activating group) is 1. The summed E-state index contributed by atoms with van der Waals surface area (Å²) in [5.41, 5.74) is 1.12. The molecular weight excluding hydrogens is 284 g/mol. The highest BCUT2D eigenvalue weighted by atomic mass is 16.7. The van der Waals surface area contributed by atoms with Gasteiger partial charge in [-0.3, -0.25) is 4.90 Å². The van der Waals surface area contributed by atoms with Crippen molar-refractivity contribution in [3.05, 3.63) is 17.7 Å². The molecule has 1 aromatic rings.